The van der Waals surface area contributed by atoms with Crippen LogP contribution in [0.2, 0.25) is 0 Å². The molecule has 100 valence electrons. The maximum atomic E-state index is 11.7. The molecule has 1 aliphatic carbocycles. The maximum Gasteiger partial charge on any atom is 0.407 e. The van der Waals surface area contributed by atoms with Crippen molar-refractivity contribution in [3.63, 3.8) is 0 Å². The highest BCUT2D eigenvalue weighted by molar-refractivity contribution is 5.68. The fraction of sp³-hybridized carbons (Fsp3) is 0.923. The molecular weight excluding hydrogens is 216 g/mol. The van der Waals surface area contributed by atoms with Gasteiger partial charge in [-0.05, 0) is 45.4 Å². The number of alkyl carbamates (subject to hydrolysis) is 1. The molecule has 0 aliphatic heterocycles. The van der Waals surface area contributed by atoms with Crippen molar-refractivity contribution in [1.29, 1.82) is 0 Å². The molecule has 0 unspecified atom stereocenters. The van der Waals surface area contributed by atoms with Crippen LogP contribution in [0.25, 0.3) is 0 Å². The topological polar surface area (TPSA) is 64.3 Å². The van der Waals surface area contributed by atoms with Crippen LogP contribution < -0.4 is 11.1 Å². The molecule has 3 N–H and O–H groups in total. The van der Waals surface area contributed by atoms with Gasteiger partial charge in [0.1, 0.15) is 5.60 Å². The standard InChI is InChI=1S/C13H26N2O2/c1-8(14)9-7-10(13(9,5)6)15-11(16)17-12(2,3)4/h8-10H,7,14H2,1-6H3,(H,15,16)/t8-,9-,10-/m0/s1. The molecule has 0 bridgehead atoms. The molecule has 0 radical (unpaired) electrons. The third kappa shape index (κ3) is 3.35. The van der Waals surface area contributed by atoms with Crippen LogP contribution in [0.1, 0.15) is 48.0 Å². The number of hydrogen-bond donors (Lipinski definition) is 2. The Morgan fingerprint density at radius 2 is 2.00 bits per heavy atom. The van der Waals surface area contributed by atoms with E-state index in [-0.39, 0.29) is 23.6 Å². The Balaban J connectivity index is 2.48. The molecule has 1 saturated carbocycles. The smallest absolute Gasteiger partial charge is 0.407 e. The van der Waals surface area contributed by atoms with Crippen molar-refractivity contribution in [3.05, 3.63) is 0 Å². The van der Waals surface area contributed by atoms with Gasteiger partial charge in [0.05, 0.1) is 0 Å². The second-order valence-electron chi connectivity index (χ2n) is 6.72. The lowest BCUT2D eigenvalue weighted by molar-refractivity contribution is -0.0115. The van der Waals surface area contributed by atoms with E-state index in [0.717, 1.165) is 6.42 Å². The summed E-state index contributed by atoms with van der Waals surface area (Å²) in [5, 5.41) is 2.93. The predicted octanol–water partition coefficient (Wildman–Crippen LogP) is 2.27. The van der Waals surface area contributed by atoms with Gasteiger partial charge in [0.15, 0.2) is 0 Å². The third-order valence-corrected chi connectivity index (χ3v) is 3.67. The Hall–Kier alpha value is -0.770. The highest BCUT2D eigenvalue weighted by Gasteiger charge is 2.50. The van der Waals surface area contributed by atoms with Crippen LogP contribution in [0, 0.1) is 11.3 Å². The molecule has 0 heterocycles. The second-order valence-corrected chi connectivity index (χ2v) is 6.72. The summed E-state index contributed by atoms with van der Waals surface area (Å²) in [6.45, 7) is 11.9. The van der Waals surface area contributed by atoms with Crippen molar-refractivity contribution in [2.75, 3.05) is 0 Å². The van der Waals surface area contributed by atoms with E-state index in [9.17, 15) is 4.79 Å². The summed E-state index contributed by atoms with van der Waals surface area (Å²) in [5.41, 5.74) is 5.52. The lowest BCUT2D eigenvalue weighted by Gasteiger charge is -2.54. The molecule has 3 atom stereocenters. The van der Waals surface area contributed by atoms with E-state index in [1.807, 2.05) is 27.7 Å². The SMILES string of the molecule is C[C@H](N)[C@@H]1C[C@H](NC(=O)OC(C)(C)C)C1(C)C. The fourth-order valence-corrected chi connectivity index (χ4v) is 2.55. The highest BCUT2D eigenvalue weighted by atomic mass is 16.6. The van der Waals surface area contributed by atoms with Crippen molar-refractivity contribution in [3.8, 4) is 0 Å². The molecular formula is C13H26N2O2. The molecule has 0 aromatic rings. The fourth-order valence-electron chi connectivity index (χ4n) is 2.55. The minimum absolute atomic E-state index is 0.0467. The summed E-state index contributed by atoms with van der Waals surface area (Å²) < 4.78 is 5.25. The van der Waals surface area contributed by atoms with Crippen LogP contribution in [0.4, 0.5) is 4.79 Å². The van der Waals surface area contributed by atoms with Crippen LogP contribution in [0.15, 0.2) is 0 Å². The summed E-state index contributed by atoms with van der Waals surface area (Å²) in [6, 6.07) is 0.329. The van der Waals surface area contributed by atoms with Crippen LogP contribution in [0.3, 0.4) is 0 Å². The van der Waals surface area contributed by atoms with E-state index in [1.54, 1.807) is 0 Å². The van der Waals surface area contributed by atoms with E-state index in [2.05, 4.69) is 19.2 Å². The van der Waals surface area contributed by atoms with Gasteiger partial charge in [-0.2, -0.15) is 0 Å². The minimum Gasteiger partial charge on any atom is -0.444 e. The van der Waals surface area contributed by atoms with Crippen LogP contribution in [0.5, 0.6) is 0 Å². The normalized spacial score (nSPS) is 29.1. The summed E-state index contributed by atoms with van der Waals surface area (Å²) >= 11 is 0. The van der Waals surface area contributed by atoms with Crippen molar-refractivity contribution in [1.82, 2.24) is 5.32 Å². The number of nitrogens with two attached hydrogens (primary N) is 1. The monoisotopic (exact) mass is 242 g/mol. The van der Waals surface area contributed by atoms with Gasteiger partial charge in [-0.3, -0.25) is 0 Å². The van der Waals surface area contributed by atoms with Gasteiger partial charge in [-0.25, -0.2) is 4.79 Å². The first-order chi connectivity index (χ1) is 7.54. The lowest BCUT2D eigenvalue weighted by Crippen LogP contribution is -2.62. The van der Waals surface area contributed by atoms with Gasteiger partial charge < -0.3 is 15.8 Å². The zero-order valence-corrected chi connectivity index (χ0v) is 11.8. The number of hydrogen-bond acceptors (Lipinski definition) is 3. The molecule has 4 heteroatoms. The van der Waals surface area contributed by atoms with E-state index in [1.165, 1.54) is 0 Å². The third-order valence-electron chi connectivity index (χ3n) is 3.67. The number of ether oxygens (including phenoxy) is 1. The molecule has 1 fully saturated rings. The minimum atomic E-state index is -0.446. The van der Waals surface area contributed by atoms with Crippen molar-refractivity contribution >= 4 is 6.09 Å². The highest BCUT2D eigenvalue weighted by Crippen LogP contribution is 2.47. The van der Waals surface area contributed by atoms with Crippen molar-refractivity contribution < 1.29 is 9.53 Å². The van der Waals surface area contributed by atoms with E-state index in [4.69, 9.17) is 10.5 Å². The van der Waals surface area contributed by atoms with Gasteiger partial charge in [-0.1, -0.05) is 13.8 Å². The number of carbonyl (C=O) groups is 1. The molecule has 0 saturated heterocycles. The summed E-state index contributed by atoms with van der Waals surface area (Å²) in [4.78, 5) is 11.7. The summed E-state index contributed by atoms with van der Waals surface area (Å²) in [6.07, 6.45) is 0.600. The molecule has 1 aliphatic rings. The zero-order valence-electron chi connectivity index (χ0n) is 11.8. The first kappa shape index (κ1) is 14.3. The Labute approximate surface area is 104 Å². The maximum absolute atomic E-state index is 11.7. The van der Waals surface area contributed by atoms with Gasteiger partial charge >= 0.3 is 6.09 Å². The molecule has 17 heavy (non-hydrogen) atoms. The molecule has 1 rings (SSSR count). The number of carbonyl (C=O) groups excluding carboxylic acids is 1. The quantitative estimate of drug-likeness (QED) is 0.780. The van der Waals surface area contributed by atoms with Crippen LogP contribution >= 0.6 is 0 Å². The molecule has 0 aromatic carbocycles. The van der Waals surface area contributed by atoms with Gasteiger partial charge in [0, 0.05) is 12.1 Å². The average Bonchev–Trinajstić information content (AvgIpc) is 2.07. The molecule has 0 spiro atoms. The number of nitrogens with one attached hydrogen (secondary N) is 1. The van der Waals surface area contributed by atoms with E-state index < -0.39 is 5.60 Å². The Morgan fingerprint density at radius 3 is 2.35 bits per heavy atom. The lowest BCUT2D eigenvalue weighted by atomic mass is 9.56. The molecule has 4 nitrogen and oxygen atoms in total. The number of rotatable bonds is 2. The van der Waals surface area contributed by atoms with Crippen molar-refractivity contribution in [2.45, 2.75) is 65.6 Å². The largest absolute Gasteiger partial charge is 0.444 e. The Morgan fingerprint density at radius 1 is 1.47 bits per heavy atom. The summed E-state index contributed by atoms with van der Waals surface area (Å²) in [5.74, 6) is 0.461. The predicted molar refractivity (Wildman–Crippen MR) is 68.7 cm³/mol. The zero-order chi connectivity index (χ0) is 13.4. The van der Waals surface area contributed by atoms with Crippen molar-refractivity contribution in [2.24, 2.45) is 17.1 Å². The molecule has 1 amide bonds. The van der Waals surface area contributed by atoms with E-state index in [0.29, 0.717) is 5.92 Å². The first-order valence-electron chi connectivity index (χ1n) is 6.29. The van der Waals surface area contributed by atoms with Crippen LogP contribution in [-0.4, -0.2) is 23.8 Å². The number of amides is 1. The van der Waals surface area contributed by atoms with Gasteiger partial charge in [0.2, 0.25) is 0 Å². The Bertz CT molecular complexity index is 292. The first-order valence-corrected chi connectivity index (χ1v) is 6.29. The summed E-state index contributed by atoms with van der Waals surface area (Å²) in [7, 11) is 0. The van der Waals surface area contributed by atoms with E-state index >= 15 is 0 Å². The Kier molecular flexibility index (Phi) is 3.77. The molecule has 0 aromatic heterocycles. The second kappa shape index (κ2) is 4.48. The van der Waals surface area contributed by atoms with Crippen LogP contribution in [-0.2, 0) is 4.74 Å². The van der Waals surface area contributed by atoms with Gasteiger partial charge in [0.25, 0.3) is 0 Å². The van der Waals surface area contributed by atoms with Gasteiger partial charge in [-0.15, -0.1) is 0 Å². The average molecular weight is 242 g/mol.